The molecule has 4 nitrogen and oxygen atoms in total. The van der Waals surface area contributed by atoms with E-state index in [0.29, 0.717) is 5.56 Å². The Morgan fingerprint density at radius 2 is 1.68 bits per heavy atom. The van der Waals surface area contributed by atoms with Crippen LogP contribution in [0, 0.1) is 0 Å². The number of rotatable bonds is 1. The molecule has 0 unspecified atom stereocenters. The Kier molecular flexibility index (Phi) is 2.71. The fourth-order valence-electron chi connectivity index (χ4n) is 2.37. The van der Waals surface area contributed by atoms with Crippen LogP contribution in [0.3, 0.4) is 0 Å². The second kappa shape index (κ2) is 4.39. The van der Waals surface area contributed by atoms with Gasteiger partial charge in [-0.2, -0.15) is 0 Å². The highest BCUT2D eigenvalue weighted by Crippen LogP contribution is 2.41. The van der Waals surface area contributed by atoms with Gasteiger partial charge in [0.2, 0.25) is 0 Å². The Balaban J connectivity index is 1.93. The zero-order valence-electron chi connectivity index (χ0n) is 10.2. The molecule has 4 heteroatoms. The number of ether oxygens (including phenoxy) is 1. The standard InChI is InChI=1S/C15H14O4/c16-11-7-10(8-12(17)15(11)18)14-6-5-9-3-1-2-4-13(9)19-14/h1-4,7-8,14,16-18H,5-6H2/t14-/m1/s1. The van der Waals surface area contributed by atoms with Crippen LogP contribution in [0.5, 0.6) is 23.0 Å². The van der Waals surface area contributed by atoms with Crippen LogP contribution in [0.1, 0.15) is 23.7 Å². The molecule has 0 amide bonds. The van der Waals surface area contributed by atoms with Gasteiger partial charge >= 0.3 is 0 Å². The molecule has 1 heterocycles. The molecular weight excluding hydrogens is 244 g/mol. The van der Waals surface area contributed by atoms with Gasteiger partial charge in [-0.05, 0) is 42.2 Å². The molecular formula is C15H14O4. The van der Waals surface area contributed by atoms with Crippen molar-refractivity contribution >= 4 is 0 Å². The Bertz CT molecular complexity index is 598. The molecule has 0 saturated heterocycles. The average molecular weight is 258 g/mol. The van der Waals surface area contributed by atoms with E-state index in [0.717, 1.165) is 24.2 Å². The SMILES string of the molecule is Oc1cc([C@H]2CCc3ccccc3O2)cc(O)c1O. The van der Waals surface area contributed by atoms with Gasteiger partial charge in [0.25, 0.3) is 0 Å². The van der Waals surface area contributed by atoms with Gasteiger partial charge in [-0.3, -0.25) is 0 Å². The van der Waals surface area contributed by atoms with Crippen LogP contribution in [0.2, 0.25) is 0 Å². The van der Waals surface area contributed by atoms with Crippen molar-refractivity contribution in [1.82, 2.24) is 0 Å². The van der Waals surface area contributed by atoms with Gasteiger partial charge in [0.1, 0.15) is 11.9 Å². The summed E-state index contributed by atoms with van der Waals surface area (Å²) in [7, 11) is 0. The maximum atomic E-state index is 9.54. The Labute approximate surface area is 110 Å². The lowest BCUT2D eigenvalue weighted by molar-refractivity contribution is 0.175. The van der Waals surface area contributed by atoms with E-state index < -0.39 is 5.75 Å². The third-order valence-corrected chi connectivity index (χ3v) is 3.38. The van der Waals surface area contributed by atoms with Gasteiger partial charge < -0.3 is 20.1 Å². The van der Waals surface area contributed by atoms with Gasteiger partial charge in [-0.15, -0.1) is 0 Å². The van der Waals surface area contributed by atoms with Crippen LogP contribution in [-0.2, 0) is 6.42 Å². The predicted molar refractivity (Wildman–Crippen MR) is 69.6 cm³/mol. The molecule has 19 heavy (non-hydrogen) atoms. The number of aryl methyl sites for hydroxylation is 1. The van der Waals surface area contributed by atoms with Crippen LogP contribution >= 0.6 is 0 Å². The molecule has 0 saturated carbocycles. The van der Waals surface area contributed by atoms with Crippen LogP contribution in [0.25, 0.3) is 0 Å². The third kappa shape index (κ3) is 2.05. The van der Waals surface area contributed by atoms with E-state index in [1.54, 1.807) is 0 Å². The van der Waals surface area contributed by atoms with E-state index >= 15 is 0 Å². The maximum absolute atomic E-state index is 9.54. The van der Waals surface area contributed by atoms with Crippen molar-refractivity contribution in [2.24, 2.45) is 0 Å². The van der Waals surface area contributed by atoms with E-state index in [9.17, 15) is 15.3 Å². The molecule has 3 rings (SSSR count). The molecule has 1 atom stereocenters. The highest BCUT2D eigenvalue weighted by atomic mass is 16.5. The Hall–Kier alpha value is -2.36. The van der Waals surface area contributed by atoms with Crippen LogP contribution in [-0.4, -0.2) is 15.3 Å². The van der Waals surface area contributed by atoms with E-state index in [1.807, 2.05) is 24.3 Å². The number of para-hydroxylation sites is 1. The number of aromatic hydroxyl groups is 3. The van der Waals surface area contributed by atoms with Crippen molar-refractivity contribution in [3.05, 3.63) is 47.5 Å². The minimum atomic E-state index is -0.500. The number of fused-ring (bicyclic) bond motifs is 1. The number of phenolic OH excluding ortho intramolecular Hbond substituents is 3. The molecule has 2 aromatic rings. The first-order valence-corrected chi connectivity index (χ1v) is 6.14. The second-order valence-electron chi connectivity index (χ2n) is 4.66. The van der Waals surface area contributed by atoms with Gasteiger partial charge in [-0.25, -0.2) is 0 Å². The molecule has 0 spiro atoms. The van der Waals surface area contributed by atoms with Crippen LogP contribution in [0.4, 0.5) is 0 Å². The summed E-state index contributed by atoms with van der Waals surface area (Å²) >= 11 is 0. The molecule has 0 aromatic heterocycles. The average Bonchev–Trinajstić information content (AvgIpc) is 2.43. The quantitative estimate of drug-likeness (QED) is 0.688. The lowest BCUT2D eigenvalue weighted by Crippen LogP contribution is -2.14. The number of benzene rings is 2. The smallest absolute Gasteiger partial charge is 0.200 e. The summed E-state index contributed by atoms with van der Waals surface area (Å²) in [5, 5.41) is 28.4. The van der Waals surface area contributed by atoms with Crippen molar-refractivity contribution in [3.63, 3.8) is 0 Å². The van der Waals surface area contributed by atoms with E-state index in [2.05, 4.69) is 0 Å². The molecule has 0 radical (unpaired) electrons. The molecule has 0 bridgehead atoms. The largest absolute Gasteiger partial charge is 0.504 e. The van der Waals surface area contributed by atoms with Crippen molar-refractivity contribution in [3.8, 4) is 23.0 Å². The first-order valence-electron chi connectivity index (χ1n) is 6.14. The Morgan fingerprint density at radius 3 is 2.42 bits per heavy atom. The van der Waals surface area contributed by atoms with Crippen molar-refractivity contribution in [2.45, 2.75) is 18.9 Å². The van der Waals surface area contributed by atoms with Gasteiger partial charge in [0, 0.05) is 0 Å². The second-order valence-corrected chi connectivity index (χ2v) is 4.66. The first kappa shape index (κ1) is 11.7. The highest BCUT2D eigenvalue weighted by Gasteiger charge is 2.23. The highest BCUT2D eigenvalue weighted by molar-refractivity contribution is 5.52. The van der Waals surface area contributed by atoms with Crippen molar-refractivity contribution in [2.75, 3.05) is 0 Å². The summed E-state index contributed by atoms with van der Waals surface area (Å²) < 4.78 is 5.86. The molecule has 98 valence electrons. The molecule has 3 N–H and O–H groups in total. The van der Waals surface area contributed by atoms with Crippen molar-refractivity contribution < 1.29 is 20.1 Å². The molecule has 1 aliphatic rings. The lowest BCUT2D eigenvalue weighted by atomic mass is 9.97. The van der Waals surface area contributed by atoms with Gasteiger partial charge in [-0.1, -0.05) is 18.2 Å². The maximum Gasteiger partial charge on any atom is 0.200 e. The monoisotopic (exact) mass is 258 g/mol. The normalized spacial score (nSPS) is 17.6. The summed E-state index contributed by atoms with van der Waals surface area (Å²) in [4.78, 5) is 0. The zero-order valence-corrected chi connectivity index (χ0v) is 10.2. The van der Waals surface area contributed by atoms with Gasteiger partial charge in [0.15, 0.2) is 17.2 Å². The molecule has 0 fully saturated rings. The number of hydrogen-bond acceptors (Lipinski definition) is 4. The van der Waals surface area contributed by atoms with Gasteiger partial charge in [0.05, 0.1) is 0 Å². The summed E-state index contributed by atoms with van der Waals surface area (Å²) in [6.07, 6.45) is 1.41. The Morgan fingerprint density at radius 1 is 1.00 bits per heavy atom. The minimum Gasteiger partial charge on any atom is -0.504 e. The lowest BCUT2D eigenvalue weighted by Gasteiger charge is -2.26. The summed E-state index contributed by atoms with van der Waals surface area (Å²) in [6, 6.07) is 10.7. The molecule has 1 aliphatic heterocycles. The van der Waals surface area contributed by atoms with Crippen LogP contribution in [0.15, 0.2) is 36.4 Å². The summed E-state index contributed by atoms with van der Waals surface area (Å²) in [6.45, 7) is 0. The minimum absolute atomic E-state index is 0.229. The van der Waals surface area contributed by atoms with Crippen LogP contribution < -0.4 is 4.74 Å². The van der Waals surface area contributed by atoms with E-state index in [1.165, 1.54) is 12.1 Å². The fraction of sp³-hybridized carbons (Fsp3) is 0.200. The topological polar surface area (TPSA) is 69.9 Å². The van der Waals surface area contributed by atoms with E-state index in [4.69, 9.17) is 4.74 Å². The molecule has 2 aromatic carbocycles. The van der Waals surface area contributed by atoms with Crippen molar-refractivity contribution in [1.29, 1.82) is 0 Å². The third-order valence-electron chi connectivity index (χ3n) is 3.38. The first-order chi connectivity index (χ1) is 9.15. The number of hydrogen-bond donors (Lipinski definition) is 3. The number of phenols is 3. The zero-order chi connectivity index (χ0) is 13.4. The summed E-state index contributed by atoms with van der Waals surface area (Å²) in [5.74, 6) is -0.347. The molecule has 0 aliphatic carbocycles. The fourth-order valence-corrected chi connectivity index (χ4v) is 2.37. The predicted octanol–water partition coefficient (Wildman–Crippen LogP) is 2.87. The van der Waals surface area contributed by atoms with E-state index in [-0.39, 0.29) is 17.6 Å². The summed E-state index contributed by atoms with van der Waals surface area (Å²) in [5.41, 5.74) is 1.81.